The second-order valence-electron chi connectivity index (χ2n) is 8.67. The van der Waals surface area contributed by atoms with Crippen LogP contribution in [0, 0.1) is 13.8 Å². The van der Waals surface area contributed by atoms with Gasteiger partial charge in [0.2, 0.25) is 0 Å². The van der Waals surface area contributed by atoms with Crippen molar-refractivity contribution in [3.05, 3.63) is 61.7 Å². The predicted octanol–water partition coefficient (Wildman–Crippen LogP) is 2.34. The van der Waals surface area contributed by atoms with E-state index in [0.29, 0.717) is 41.4 Å². The summed E-state index contributed by atoms with van der Waals surface area (Å²) in [5.41, 5.74) is 2.48. The molecule has 1 unspecified atom stereocenters. The van der Waals surface area contributed by atoms with E-state index in [1.807, 2.05) is 32.0 Å². The van der Waals surface area contributed by atoms with Crippen LogP contribution in [0.5, 0.6) is 0 Å². The first-order valence-corrected chi connectivity index (χ1v) is 10.7. The molecule has 0 spiro atoms. The number of rotatable bonds is 2. The van der Waals surface area contributed by atoms with Crippen molar-refractivity contribution in [1.82, 2.24) is 24.0 Å². The Kier molecular flexibility index (Phi) is 4.58. The third kappa shape index (κ3) is 2.99. The molecule has 1 aromatic carbocycles. The lowest BCUT2D eigenvalue weighted by molar-refractivity contribution is 0.0674. The first-order valence-electron chi connectivity index (χ1n) is 10.7. The first kappa shape index (κ1) is 20.3. The van der Waals surface area contributed by atoms with Crippen molar-refractivity contribution in [2.45, 2.75) is 32.6 Å². The molecule has 0 saturated carbocycles. The Labute approximate surface area is 183 Å². The second-order valence-corrected chi connectivity index (χ2v) is 8.67. The highest BCUT2D eigenvalue weighted by Gasteiger charge is 2.31. The zero-order chi connectivity index (χ0) is 22.7. The molecule has 1 aliphatic rings. The monoisotopic (exact) mass is 435 g/mol. The predicted molar refractivity (Wildman–Crippen MR) is 120 cm³/mol. The Morgan fingerprint density at radius 3 is 2.75 bits per heavy atom. The molecule has 3 aromatic heterocycles. The molecule has 1 atom stereocenters. The van der Waals surface area contributed by atoms with Gasteiger partial charge in [-0.25, -0.2) is 9.78 Å². The van der Waals surface area contributed by atoms with E-state index in [-0.39, 0.29) is 11.8 Å². The van der Waals surface area contributed by atoms with Crippen LogP contribution in [0.3, 0.4) is 0 Å². The SMILES string of the molecule is Cc1ccc2oc(C(=O)N3CCCC(c4nc5c([nH]4)c(=O)n(C)c(=O)n5C)C3)c(C)c2c1. The van der Waals surface area contributed by atoms with Gasteiger partial charge in [0.05, 0.1) is 0 Å². The maximum absolute atomic E-state index is 13.3. The van der Waals surface area contributed by atoms with Crippen molar-refractivity contribution in [3.8, 4) is 0 Å². The number of likely N-dealkylation sites (tertiary alicyclic amines) is 1. The van der Waals surface area contributed by atoms with E-state index in [1.165, 1.54) is 11.6 Å². The van der Waals surface area contributed by atoms with Crippen LogP contribution >= 0.6 is 0 Å². The fraction of sp³-hybridized carbons (Fsp3) is 0.391. The van der Waals surface area contributed by atoms with Crippen molar-refractivity contribution >= 4 is 28.0 Å². The minimum atomic E-state index is -0.420. The number of hydrogen-bond acceptors (Lipinski definition) is 5. The number of imidazole rings is 1. The fourth-order valence-electron chi connectivity index (χ4n) is 4.60. The highest BCUT2D eigenvalue weighted by Crippen LogP contribution is 2.30. The molecule has 9 heteroatoms. The van der Waals surface area contributed by atoms with Gasteiger partial charge in [-0.1, -0.05) is 11.6 Å². The first-order chi connectivity index (χ1) is 15.3. The van der Waals surface area contributed by atoms with E-state index in [1.54, 1.807) is 11.9 Å². The van der Waals surface area contributed by atoms with Gasteiger partial charge >= 0.3 is 5.69 Å². The highest BCUT2D eigenvalue weighted by molar-refractivity contribution is 5.99. The minimum Gasteiger partial charge on any atom is -0.451 e. The Hall–Kier alpha value is -3.62. The molecule has 5 rings (SSSR count). The van der Waals surface area contributed by atoms with Crippen molar-refractivity contribution in [2.24, 2.45) is 14.1 Å². The summed E-state index contributed by atoms with van der Waals surface area (Å²) in [6, 6.07) is 5.89. The molecule has 1 saturated heterocycles. The number of fused-ring (bicyclic) bond motifs is 2. The van der Waals surface area contributed by atoms with E-state index < -0.39 is 11.2 Å². The number of carbonyl (C=O) groups is 1. The van der Waals surface area contributed by atoms with Gasteiger partial charge in [0.15, 0.2) is 11.4 Å². The summed E-state index contributed by atoms with van der Waals surface area (Å²) in [4.78, 5) is 47.5. The lowest BCUT2D eigenvalue weighted by Crippen LogP contribution is -2.39. The van der Waals surface area contributed by atoms with Crippen LogP contribution in [0.1, 0.15) is 46.3 Å². The summed E-state index contributed by atoms with van der Waals surface area (Å²) in [7, 11) is 3.04. The smallest absolute Gasteiger partial charge is 0.332 e. The number of hydrogen-bond donors (Lipinski definition) is 1. The molecule has 4 aromatic rings. The standard InChI is InChI=1S/C23H25N5O4/c1-12-7-8-16-15(10-12)13(2)18(32-16)22(30)28-9-5-6-14(11-28)19-24-17-20(25-19)26(3)23(31)27(4)21(17)29/h7-8,10,14H,5-6,9,11H2,1-4H3,(H,24,25). The maximum Gasteiger partial charge on any atom is 0.332 e. The van der Waals surface area contributed by atoms with Gasteiger partial charge in [0, 0.05) is 44.1 Å². The number of furan rings is 1. The van der Waals surface area contributed by atoms with Crippen LogP contribution < -0.4 is 11.2 Å². The number of amides is 1. The molecule has 0 aliphatic carbocycles. The molecular weight excluding hydrogens is 410 g/mol. The molecule has 4 heterocycles. The van der Waals surface area contributed by atoms with E-state index in [0.717, 1.165) is 33.9 Å². The molecule has 0 radical (unpaired) electrons. The number of aromatic nitrogens is 4. The van der Waals surface area contributed by atoms with E-state index >= 15 is 0 Å². The molecule has 1 amide bonds. The third-order valence-electron chi connectivity index (χ3n) is 6.49. The lowest BCUT2D eigenvalue weighted by atomic mass is 9.97. The fourth-order valence-corrected chi connectivity index (χ4v) is 4.60. The molecule has 0 bridgehead atoms. The summed E-state index contributed by atoms with van der Waals surface area (Å²) in [6.45, 7) is 5.02. The topological polar surface area (TPSA) is 106 Å². The number of aryl methyl sites for hydroxylation is 3. The van der Waals surface area contributed by atoms with Crippen LogP contribution in [0.25, 0.3) is 22.1 Å². The van der Waals surface area contributed by atoms with E-state index in [4.69, 9.17) is 4.42 Å². The second kappa shape index (κ2) is 7.22. The summed E-state index contributed by atoms with van der Waals surface area (Å²) < 4.78 is 8.34. The molecule has 32 heavy (non-hydrogen) atoms. The molecular formula is C23H25N5O4. The number of H-pyrrole nitrogens is 1. The van der Waals surface area contributed by atoms with Crippen LogP contribution in [-0.4, -0.2) is 43.0 Å². The maximum atomic E-state index is 13.3. The zero-order valence-corrected chi connectivity index (χ0v) is 18.6. The van der Waals surface area contributed by atoms with Gasteiger partial charge in [-0.2, -0.15) is 0 Å². The number of piperidine rings is 1. The molecule has 166 valence electrons. The number of nitrogens with zero attached hydrogens (tertiary/aromatic N) is 4. The quantitative estimate of drug-likeness (QED) is 0.520. The summed E-state index contributed by atoms with van der Waals surface area (Å²) in [6.07, 6.45) is 1.64. The van der Waals surface area contributed by atoms with E-state index in [9.17, 15) is 14.4 Å². The Morgan fingerprint density at radius 2 is 1.97 bits per heavy atom. The summed E-state index contributed by atoms with van der Waals surface area (Å²) >= 11 is 0. The van der Waals surface area contributed by atoms with Crippen LogP contribution in [0.15, 0.2) is 32.2 Å². The van der Waals surface area contributed by atoms with Crippen LogP contribution in [0.4, 0.5) is 0 Å². The van der Waals surface area contributed by atoms with Crippen molar-refractivity contribution < 1.29 is 9.21 Å². The van der Waals surface area contributed by atoms with Gasteiger partial charge in [-0.15, -0.1) is 0 Å². The number of nitrogens with one attached hydrogen (secondary N) is 1. The van der Waals surface area contributed by atoms with Crippen LogP contribution in [-0.2, 0) is 14.1 Å². The third-order valence-corrected chi connectivity index (χ3v) is 6.49. The largest absolute Gasteiger partial charge is 0.451 e. The van der Waals surface area contributed by atoms with Gasteiger partial charge in [0.1, 0.15) is 16.9 Å². The minimum absolute atomic E-state index is 0.0631. The average Bonchev–Trinajstić information content (AvgIpc) is 3.38. The van der Waals surface area contributed by atoms with Gasteiger partial charge in [0.25, 0.3) is 11.5 Å². The van der Waals surface area contributed by atoms with E-state index in [2.05, 4.69) is 9.97 Å². The van der Waals surface area contributed by atoms with Crippen molar-refractivity contribution in [1.29, 1.82) is 0 Å². The Bertz CT molecular complexity index is 1500. The Morgan fingerprint density at radius 1 is 1.19 bits per heavy atom. The van der Waals surface area contributed by atoms with Crippen molar-refractivity contribution in [2.75, 3.05) is 13.1 Å². The normalized spacial score (nSPS) is 16.9. The summed E-state index contributed by atoms with van der Waals surface area (Å²) in [5, 5.41) is 0.955. The average molecular weight is 435 g/mol. The lowest BCUT2D eigenvalue weighted by Gasteiger charge is -2.31. The summed E-state index contributed by atoms with van der Waals surface area (Å²) in [5.74, 6) is 0.784. The molecule has 1 aliphatic heterocycles. The van der Waals surface area contributed by atoms with Gasteiger partial charge < -0.3 is 14.3 Å². The van der Waals surface area contributed by atoms with Gasteiger partial charge in [-0.05, 0) is 38.8 Å². The van der Waals surface area contributed by atoms with Crippen molar-refractivity contribution in [3.63, 3.8) is 0 Å². The number of benzene rings is 1. The molecule has 9 nitrogen and oxygen atoms in total. The van der Waals surface area contributed by atoms with Crippen LogP contribution in [0.2, 0.25) is 0 Å². The van der Waals surface area contributed by atoms with Gasteiger partial charge in [-0.3, -0.25) is 18.7 Å². The molecule has 1 N–H and O–H groups in total. The molecule has 1 fully saturated rings. The number of aromatic amines is 1. The highest BCUT2D eigenvalue weighted by atomic mass is 16.3. The number of carbonyl (C=O) groups excluding carboxylic acids is 1. The zero-order valence-electron chi connectivity index (χ0n) is 18.6. The Balaban J connectivity index is 1.47.